The number of likely N-dealkylation sites (tertiary alicyclic amines) is 1. The Hall–Kier alpha value is -1.59. The maximum atomic E-state index is 12.5. The van der Waals surface area contributed by atoms with E-state index < -0.39 is 0 Å². The van der Waals surface area contributed by atoms with Gasteiger partial charge in [-0.1, -0.05) is 18.2 Å². The van der Waals surface area contributed by atoms with E-state index in [2.05, 4.69) is 10.2 Å². The summed E-state index contributed by atoms with van der Waals surface area (Å²) in [6.07, 6.45) is 2.42. The number of hydrogen-bond acceptors (Lipinski definition) is 4. The zero-order chi connectivity index (χ0) is 16.1. The number of hydrogen-bond donors (Lipinski definition) is 1. The molecule has 2 aliphatic heterocycles. The highest BCUT2D eigenvalue weighted by Crippen LogP contribution is 2.21. The number of piperazine rings is 1. The molecule has 0 aromatic heterocycles. The number of nitrogens with zero attached hydrogens (tertiary/aromatic N) is 2. The normalized spacial score (nSPS) is 22.3. The Morgan fingerprint density at radius 1 is 1.26 bits per heavy atom. The summed E-state index contributed by atoms with van der Waals surface area (Å²) in [7, 11) is 1.68. The standard InChI is InChI=1S/C18H27N3O2/c1-23-17-5-3-2-4-15(17)6-7-18(22)21-11-8-16(14-21)20-12-9-19-10-13-20/h2-5,16,19H,6-14H2,1H3. The summed E-state index contributed by atoms with van der Waals surface area (Å²) in [6.45, 7) is 6.14. The van der Waals surface area contributed by atoms with Gasteiger partial charge in [0.2, 0.25) is 5.91 Å². The molecule has 2 fully saturated rings. The number of nitrogens with one attached hydrogen (secondary N) is 1. The smallest absolute Gasteiger partial charge is 0.222 e. The number of benzene rings is 1. The van der Waals surface area contributed by atoms with Crippen LogP contribution in [-0.2, 0) is 11.2 Å². The van der Waals surface area contributed by atoms with E-state index >= 15 is 0 Å². The van der Waals surface area contributed by atoms with E-state index in [9.17, 15) is 4.79 Å². The van der Waals surface area contributed by atoms with Crippen molar-refractivity contribution in [3.05, 3.63) is 29.8 Å². The molecule has 3 rings (SSSR count). The van der Waals surface area contributed by atoms with Gasteiger partial charge in [-0.25, -0.2) is 0 Å². The van der Waals surface area contributed by atoms with Gasteiger partial charge in [0, 0.05) is 51.7 Å². The fourth-order valence-electron chi connectivity index (χ4n) is 3.62. The molecule has 0 bridgehead atoms. The molecule has 1 N–H and O–H groups in total. The van der Waals surface area contributed by atoms with Crippen molar-refractivity contribution in [1.82, 2.24) is 15.1 Å². The molecule has 1 unspecified atom stereocenters. The Balaban J connectivity index is 1.49. The molecule has 0 aliphatic carbocycles. The van der Waals surface area contributed by atoms with Gasteiger partial charge in [0.1, 0.15) is 5.75 Å². The minimum atomic E-state index is 0.272. The highest BCUT2D eigenvalue weighted by atomic mass is 16.5. The van der Waals surface area contributed by atoms with Crippen LogP contribution in [0, 0.1) is 0 Å². The first-order valence-electron chi connectivity index (χ1n) is 8.62. The quantitative estimate of drug-likeness (QED) is 0.884. The number of methoxy groups -OCH3 is 1. The van der Waals surface area contributed by atoms with Gasteiger partial charge in [0.05, 0.1) is 7.11 Å². The highest BCUT2D eigenvalue weighted by Gasteiger charge is 2.30. The van der Waals surface area contributed by atoms with Crippen LogP contribution >= 0.6 is 0 Å². The van der Waals surface area contributed by atoms with E-state index in [1.54, 1.807) is 7.11 Å². The molecular formula is C18H27N3O2. The summed E-state index contributed by atoms with van der Waals surface area (Å²) in [5.74, 6) is 1.15. The second kappa shape index (κ2) is 7.79. The van der Waals surface area contributed by atoms with Crippen molar-refractivity contribution >= 4 is 5.91 Å². The van der Waals surface area contributed by atoms with Crippen LogP contribution in [0.5, 0.6) is 5.75 Å². The van der Waals surface area contributed by atoms with E-state index in [1.165, 1.54) is 0 Å². The van der Waals surface area contributed by atoms with E-state index in [0.29, 0.717) is 12.5 Å². The summed E-state index contributed by atoms with van der Waals surface area (Å²) in [5, 5.41) is 3.39. The molecule has 1 atom stereocenters. The van der Waals surface area contributed by atoms with Crippen molar-refractivity contribution in [2.45, 2.75) is 25.3 Å². The Morgan fingerprint density at radius 2 is 2.04 bits per heavy atom. The number of carbonyl (C=O) groups excluding carboxylic acids is 1. The van der Waals surface area contributed by atoms with Gasteiger partial charge in [0.25, 0.3) is 0 Å². The second-order valence-electron chi connectivity index (χ2n) is 6.38. The van der Waals surface area contributed by atoms with Gasteiger partial charge in [-0.15, -0.1) is 0 Å². The zero-order valence-electron chi connectivity index (χ0n) is 14.0. The summed E-state index contributed by atoms with van der Waals surface area (Å²) in [4.78, 5) is 17.1. The molecule has 0 saturated carbocycles. The largest absolute Gasteiger partial charge is 0.496 e. The van der Waals surface area contributed by atoms with Crippen molar-refractivity contribution in [2.24, 2.45) is 0 Å². The van der Waals surface area contributed by atoms with Gasteiger partial charge in [-0.3, -0.25) is 9.69 Å². The minimum Gasteiger partial charge on any atom is -0.496 e. The SMILES string of the molecule is COc1ccccc1CCC(=O)N1CCC(N2CCNCC2)C1. The van der Waals surface area contributed by atoms with Crippen LogP contribution in [0.15, 0.2) is 24.3 Å². The first-order chi connectivity index (χ1) is 11.3. The molecular weight excluding hydrogens is 290 g/mol. The fraction of sp³-hybridized carbons (Fsp3) is 0.611. The Kier molecular flexibility index (Phi) is 5.51. The molecule has 2 aliphatic rings. The van der Waals surface area contributed by atoms with Crippen LogP contribution in [0.1, 0.15) is 18.4 Å². The van der Waals surface area contributed by atoms with E-state index in [-0.39, 0.29) is 5.91 Å². The van der Waals surface area contributed by atoms with Crippen molar-refractivity contribution < 1.29 is 9.53 Å². The first-order valence-corrected chi connectivity index (χ1v) is 8.62. The van der Waals surface area contributed by atoms with Crippen LogP contribution in [0.25, 0.3) is 0 Å². The molecule has 0 spiro atoms. The van der Waals surface area contributed by atoms with E-state index in [1.807, 2.05) is 29.2 Å². The zero-order valence-corrected chi connectivity index (χ0v) is 14.0. The van der Waals surface area contributed by atoms with Gasteiger partial charge in [0.15, 0.2) is 0 Å². The summed E-state index contributed by atoms with van der Waals surface area (Å²) in [6, 6.07) is 8.50. The van der Waals surface area contributed by atoms with E-state index in [4.69, 9.17) is 4.74 Å². The van der Waals surface area contributed by atoms with Gasteiger partial charge >= 0.3 is 0 Å². The first kappa shape index (κ1) is 16.3. The number of amides is 1. The average Bonchev–Trinajstić information content (AvgIpc) is 3.11. The third-order valence-electron chi connectivity index (χ3n) is 4.98. The summed E-state index contributed by atoms with van der Waals surface area (Å²) < 4.78 is 5.36. The van der Waals surface area contributed by atoms with Crippen LogP contribution in [-0.4, -0.2) is 68.1 Å². The number of aryl methyl sites for hydroxylation is 1. The molecule has 0 radical (unpaired) electrons. The number of carbonyl (C=O) groups is 1. The molecule has 1 amide bonds. The van der Waals surface area contributed by atoms with Crippen molar-refractivity contribution in [1.29, 1.82) is 0 Å². The van der Waals surface area contributed by atoms with Crippen LogP contribution in [0.2, 0.25) is 0 Å². The van der Waals surface area contributed by atoms with Crippen LogP contribution in [0.4, 0.5) is 0 Å². The molecule has 5 heteroatoms. The van der Waals surface area contributed by atoms with Crippen molar-refractivity contribution in [2.75, 3.05) is 46.4 Å². The molecule has 2 heterocycles. The monoisotopic (exact) mass is 317 g/mol. The minimum absolute atomic E-state index is 0.272. The Labute approximate surface area is 138 Å². The second-order valence-corrected chi connectivity index (χ2v) is 6.38. The van der Waals surface area contributed by atoms with Gasteiger partial charge in [-0.2, -0.15) is 0 Å². The number of rotatable bonds is 5. The van der Waals surface area contributed by atoms with Gasteiger partial charge in [-0.05, 0) is 24.5 Å². The lowest BCUT2D eigenvalue weighted by Crippen LogP contribution is -2.49. The summed E-state index contributed by atoms with van der Waals surface area (Å²) >= 11 is 0. The molecule has 126 valence electrons. The lowest BCUT2D eigenvalue weighted by Gasteiger charge is -2.32. The van der Waals surface area contributed by atoms with Gasteiger partial charge < -0.3 is 15.0 Å². The number of para-hydroxylation sites is 1. The van der Waals surface area contributed by atoms with E-state index in [0.717, 1.165) is 63.4 Å². The predicted octanol–water partition coefficient (Wildman–Crippen LogP) is 1.13. The lowest BCUT2D eigenvalue weighted by atomic mass is 10.1. The lowest BCUT2D eigenvalue weighted by molar-refractivity contribution is -0.130. The molecule has 1 aromatic rings. The average molecular weight is 317 g/mol. The maximum absolute atomic E-state index is 12.5. The number of ether oxygens (including phenoxy) is 1. The molecule has 5 nitrogen and oxygen atoms in total. The molecule has 2 saturated heterocycles. The highest BCUT2D eigenvalue weighted by molar-refractivity contribution is 5.77. The molecule has 1 aromatic carbocycles. The Bertz CT molecular complexity index is 529. The topological polar surface area (TPSA) is 44.8 Å². The van der Waals surface area contributed by atoms with Crippen LogP contribution < -0.4 is 10.1 Å². The fourth-order valence-corrected chi connectivity index (χ4v) is 3.62. The Morgan fingerprint density at radius 3 is 2.83 bits per heavy atom. The third-order valence-corrected chi connectivity index (χ3v) is 4.98. The maximum Gasteiger partial charge on any atom is 0.222 e. The van der Waals surface area contributed by atoms with Crippen LogP contribution in [0.3, 0.4) is 0 Å². The third kappa shape index (κ3) is 4.03. The van der Waals surface area contributed by atoms with Crippen molar-refractivity contribution in [3.8, 4) is 5.75 Å². The predicted molar refractivity (Wildman–Crippen MR) is 90.7 cm³/mol. The molecule has 23 heavy (non-hydrogen) atoms. The summed E-state index contributed by atoms with van der Waals surface area (Å²) in [5.41, 5.74) is 1.11. The van der Waals surface area contributed by atoms with Crippen molar-refractivity contribution in [3.63, 3.8) is 0 Å².